The van der Waals surface area contributed by atoms with E-state index in [1.54, 1.807) is 25.3 Å². The predicted octanol–water partition coefficient (Wildman–Crippen LogP) is 2.15. The van der Waals surface area contributed by atoms with Crippen molar-refractivity contribution in [2.45, 2.75) is 6.42 Å². The largest absolute Gasteiger partial charge is 0.508 e. The third-order valence-corrected chi connectivity index (χ3v) is 1.97. The number of benzene rings is 1. The molecule has 0 saturated carbocycles. The summed E-state index contributed by atoms with van der Waals surface area (Å²) in [6, 6.07) is 5.17. The Kier molecular flexibility index (Phi) is 4.71. The summed E-state index contributed by atoms with van der Waals surface area (Å²) in [5, 5.41) is 9.51. The van der Waals surface area contributed by atoms with E-state index in [0.29, 0.717) is 19.6 Å². The van der Waals surface area contributed by atoms with Crippen LogP contribution in [0.5, 0.6) is 11.5 Å². The minimum atomic E-state index is 0.272. The summed E-state index contributed by atoms with van der Waals surface area (Å²) in [7, 11) is 1.63. The topological polar surface area (TPSA) is 38.7 Å². The number of hydrogen-bond acceptors (Lipinski definition) is 3. The molecular weight excluding hydrogens is 192 g/mol. The highest BCUT2D eigenvalue weighted by atomic mass is 16.5. The van der Waals surface area contributed by atoms with E-state index >= 15 is 0 Å². The summed E-state index contributed by atoms with van der Waals surface area (Å²) in [6.07, 6.45) is 2.38. The van der Waals surface area contributed by atoms with Crippen LogP contribution < -0.4 is 4.74 Å². The molecule has 0 bridgehead atoms. The fourth-order valence-electron chi connectivity index (χ4n) is 1.21. The van der Waals surface area contributed by atoms with Gasteiger partial charge in [0.25, 0.3) is 0 Å². The second-order valence-electron chi connectivity index (χ2n) is 3.12. The zero-order chi connectivity index (χ0) is 11.1. The molecule has 0 fully saturated rings. The standard InChI is InChI=1S/C12H16O3/c1-3-4-10-9-11(5-6-12(10)13)15-8-7-14-2/h3,5-6,9,13H,1,4,7-8H2,2H3. The van der Waals surface area contributed by atoms with E-state index in [4.69, 9.17) is 9.47 Å². The van der Waals surface area contributed by atoms with Crippen LogP contribution in [0.1, 0.15) is 5.56 Å². The lowest BCUT2D eigenvalue weighted by atomic mass is 10.1. The van der Waals surface area contributed by atoms with Crippen LogP contribution in [-0.4, -0.2) is 25.4 Å². The van der Waals surface area contributed by atoms with Gasteiger partial charge in [0.05, 0.1) is 6.61 Å². The molecule has 0 aliphatic heterocycles. The Hall–Kier alpha value is -1.48. The quantitative estimate of drug-likeness (QED) is 0.575. The van der Waals surface area contributed by atoms with E-state index in [0.717, 1.165) is 11.3 Å². The van der Waals surface area contributed by atoms with Crippen LogP contribution in [0.3, 0.4) is 0 Å². The van der Waals surface area contributed by atoms with Gasteiger partial charge in [-0.05, 0) is 24.6 Å². The lowest BCUT2D eigenvalue weighted by Crippen LogP contribution is -2.04. The second-order valence-corrected chi connectivity index (χ2v) is 3.12. The highest BCUT2D eigenvalue weighted by Gasteiger charge is 2.01. The van der Waals surface area contributed by atoms with Crippen molar-refractivity contribution >= 4 is 0 Å². The first-order chi connectivity index (χ1) is 7.27. The van der Waals surface area contributed by atoms with Crippen LogP contribution in [0, 0.1) is 0 Å². The van der Waals surface area contributed by atoms with Gasteiger partial charge in [-0.15, -0.1) is 6.58 Å². The molecule has 0 spiro atoms. The van der Waals surface area contributed by atoms with Crippen LogP contribution >= 0.6 is 0 Å². The van der Waals surface area contributed by atoms with Crippen LogP contribution in [0.2, 0.25) is 0 Å². The van der Waals surface area contributed by atoms with Crippen molar-refractivity contribution in [1.82, 2.24) is 0 Å². The van der Waals surface area contributed by atoms with Gasteiger partial charge in [0, 0.05) is 12.7 Å². The minimum Gasteiger partial charge on any atom is -0.508 e. The van der Waals surface area contributed by atoms with Gasteiger partial charge < -0.3 is 14.6 Å². The lowest BCUT2D eigenvalue weighted by molar-refractivity contribution is 0.146. The van der Waals surface area contributed by atoms with Crippen LogP contribution in [0.15, 0.2) is 30.9 Å². The molecule has 0 amide bonds. The fraction of sp³-hybridized carbons (Fsp3) is 0.333. The summed E-state index contributed by atoms with van der Waals surface area (Å²) in [5.74, 6) is 1.01. The Labute approximate surface area is 90.0 Å². The molecule has 0 aromatic heterocycles. The molecule has 15 heavy (non-hydrogen) atoms. The Bertz CT molecular complexity index is 321. The Morgan fingerprint density at radius 3 is 2.87 bits per heavy atom. The molecule has 1 N–H and O–H groups in total. The number of phenolic OH excluding ortho intramolecular Hbond substituents is 1. The van der Waals surface area contributed by atoms with Crippen LogP contribution in [0.25, 0.3) is 0 Å². The molecule has 0 aliphatic rings. The van der Waals surface area contributed by atoms with Gasteiger partial charge >= 0.3 is 0 Å². The summed E-state index contributed by atoms with van der Waals surface area (Å²) < 4.78 is 10.3. The Morgan fingerprint density at radius 2 is 2.20 bits per heavy atom. The molecule has 0 radical (unpaired) electrons. The summed E-state index contributed by atoms with van der Waals surface area (Å²) >= 11 is 0. The van der Waals surface area contributed by atoms with E-state index in [2.05, 4.69) is 6.58 Å². The third kappa shape index (κ3) is 3.64. The van der Waals surface area contributed by atoms with Gasteiger partial charge in [0.2, 0.25) is 0 Å². The number of ether oxygens (including phenoxy) is 2. The number of phenols is 1. The normalized spacial score (nSPS) is 9.93. The molecule has 0 aliphatic carbocycles. The van der Waals surface area contributed by atoms with E-state index in [1.807, 2.05) is 6.07 Å². The van der Waals surface area contributed by atoms with Crippen molar-refractivity contribution < 1.29 is 14.6 Å². The maximum Gasteiger partial charge on any atom is 0.119 e. The third-order valence-electron chi connectivity index (χ3n) is 1.97. The molecule has 0 heterocycles. The van der Waals surface area contributed by atoms with E-state index in [-0.39, 0.29) is 5.75 Å². The van der Waals surface area contributed by atoms with E-state index in [1.165, 1.54) is 0 Å². The van der Waals surface area contributed by atoms with Gasteiger partial charge in [-0.3, -0.25) is 0 Å². The van der Waals surface area contributed by atoms with Gasteiger partial charge in [-0.2, -0.15) is 0 Å². The average Bonchev–Trinajstić information content (AvgIpc) is 2.23. The maximum absolute atomic E-state index is 9.51. The molecule has 3 nitrogen and oxygen atoms in total. The van der Waals surface area contributed by atoms with Crippen molar-refractivity contribution in [3.63, 3.8) is 0 Å². The first-order valence-corrected chi connectivity index (χ1v) is 4.82. The zero-order valence-electron chi connectivity index (χ0n) is 8.90. The first kappa shape index (κ1) is 11.6. The summed E-state index contributed by atoms with van der Waals surface area (Å²) in [5.41, 5.74) is 0.819. The van der Waals surface area contributed by atoms with E-state index in [9.17, 15) is 5.11 Å². The number of aromatic hydroxyl groups is 1. The highest BCUT2D eigenvalue weighted by molar-refractivity contribution is 5.40. The predicted molar refractivity (Wildman–Crippen MR) is 59.4 cm³/mol. The lowest BCUT2D eigenvalue weighted by Gasteiger charge is -2.08. The van der Waals surface area contributed by atoms with Gasteiger partial charge in [0.1, 0.15) is 18.1 Å². The van der Waals surface area contributed by atoms with Crippen molar-refractivity contribution in [1.29, 1.82) is 0 Å². The van der Waals surface area contributed by atoms with Crippen molar-refractivity contribution in [3.8, 4) is 11.5 Å². The number of hydrogen-bond donors (Lipinski definition) is 1. The summed E-state index contributed by atoms with van der Waals surface area (Å²) in [6.45, 7) is 4.69. The molecular formula is C12H16O3. The molecule has 0 unspecified atom stereocenters. The zero-order valence-corrected chi connectivity index (χ0v) is 8.90. The smallest absolute Gasteiger partial charge is 0.119 e. The number of allylic oxidation sites excluding steroid dienone is 1. The maximum atomic E-state index is 9.51. The van der Waals surface area contributed by atoms with Crippen molar-refractivity contribution in [2.24, 2.45) is 0 Å². The molecule has 0 atom stereocenters. The first-order valence-electron chi connectivity index (χ1n) is 4.82. The fourth-order valence-corrected chi connectivity index (χ4v) is 1.21. The Balaban J connectivity index is 2.65. The van der Waals surface area contributed by atoms with Crippen molar-refractivity contribution in [2.75, 3.05) is 20.3 Å². The molecule has 1 rings (SSSR count). The average molecular weight is 208 g/mol. The summed E-state index contributed by atoms with van der Waals surface area (Å²) in [4.78, 5) is 0. The second kappa shape index (κ2) is 6.09. The van der Waals surface area contributed by atoms with Crippen molar-refractivity contribution in [3.05, 3.63) is 36.4 Å². The van der Waals surface area contributed by atoms with Gasteiger partial charge in [-0.25, -0.2) is 0 Å². The van der Waals surface area contributed by atoms with Crippen LogP contribution in [0.4, 0.5) is 0 Å². The highest BCUT2D eigenvalue weighted by Crippen LogP contribution is 2.23. The minimum absolute atomic E-state index is 0.272. The molecule has 1 aromatic rings. The van der Waals surface area contributed by atoms with Gasteiger partial charge in [-0.1, -0.05) is 6.08 Å². The molecule has 1 aromatic carbocycles. The van der Waals surface area contributed by atoms with Gasteiger partial charge in [0.15, 0.2) is 0 Å². The molecule has 3 heteroatoms. The molecule has 0 saturated heterocycles. The molecule has 82 valence electrons. The SMILES string of the molecule is C=CCc1cc(OCCOC)ccc1O. The van der Waals surface area contributed by atoms with E-state index < -0.39 is 0 Å². The number of methoxy groups -OCH3 is 1. The monoisotopic (exact) mass is 208 g/mol. The Morgan fingerprint density at radius 1 is 1.40 bits per heavy atom. The van der Waals surface area contributed by atoms with Crippen LogP contribution in [-0.2, 0) is 11.2 Å². The number of rotatable bonds is 6.